The molecule has 3 N–H and O–H groups in total. The number of nitrogens with one attached hydrogen (secondary N) is 3. The average molecular weight is 298 g/mol. The van der Waals surface area contributed by atoms with E-state index in [0.717, 1.165) is 43.4 Å². The predicted molar refractivity (Wildman–Crippen MR) is 77.9 cm³/mol. The minimum absolute atomic E-state index is 0.184. The molecule has 1 fully saturated rings. The predicted octanol–water partition coefficient (Wildman–Crippen LogP) is 1.82. The average Bonchev–Trinajstić information content (AvgIpc) is 2.93. The number of rotatable bonds is 3. The number of aromatic nitrogens is 2. The van der Waals surface area contributed by atoms with Crippen LogP contribution in [0.25, 0.3) is 0 Å². The lowest BCUT2D eigenvalue weighted by molar-refractivity contribution is 0.429. The van der Waals surface area contributed by atoms with Crippen LogP contribution < -0.4 is 10.0 Å². The third kappa shape index (κ3) is 2.33. The van der Waals surface area contributed by atoms with Crippen molar-refractivity contribution in [3.63, 3.8) is 0 Å². The van der Waals surface area contributed by atoms with Crippen LogP contribution in [0.2, 0.25) is 0 Å². The van der Waals surface area contributed by atoms with Gasteiger partial charge in [0.05, 0.1) is 16.5 Å². The highest BCUT2D eigenvalue weighted by atomic mass is 32.2. The summed E-state index contributed by atoms with van der Waals surface area (Å²) in [5.74, 6) is 0.462. The zero-order valence-corrected chi connectivity index (χ0v) is 12.8. The number of sulfonamides is 1. The number of aromatic amines is 1. The van der Waals surface area contributed by atoms with Crippen LogP contribution in [0.1, 0.15) is 57.2 Å². The van der Waals surface area contributed by atoms with E-state index < -0.39 is 10.0 Å². The summed E-state index contributed by atoms with van der Waals surface area (Å²) in [5.41, 5.74) is 1.73. The molecule has 20 heavy (non-hydrogen) atoms. The van der Waals surface area contributed by atoms with Crippen LogP contribution in [-0.4, -0.2) is 23.9 Å². The van der Waals surface area contributed by atoms with Gasteiger partial charge >= 0.3 is 0 Å². The Labute approximate surface area is 119 Å². The maximum atomic E-state index is 12.4. The van der Waals surface area contributed by atoms with E-state index in [2.05, 4.69) is 34.1 Å². The van der Waals surface area contributed by atoms with E-state index in [0.29, 0.717) is 12.4 Å². The first-order valence-electron chi connectivity index (χ1n) is 7.24. The molecule has 1 aliphatic heterocycles. The zero-order valence-electron chi connectivity index (χ0n) is 12.0. The smallest absolute Gasteiger partial charge is 0.236 e. The van der Waals surface area contributed by atoms with Crippen molar-refractivity contribution < 1.29 is 8.42 Å². The third-order valence-electron chi connectivity index (χ3n) is 4.43. The quantitative estimate of drug-likeness (QED) is 0.794. The first-order valence-corrected chi connectivity index (χ1v) is 8.79. The lowest BCUT2D eigenvalue weighted by atomic mass is 10.0. The van der Waals surface area contributed by atoms with Crippen LogP contribution in [-0.2, 0) is 22.1 Å². The Morgan fingerprint density at radius 1 is 1.25 bits per heavy atom. The molecule has 0 spiro atoms. The van der Waals surface area contributed by atoms with Gasteiger partial charge in [-0.15, -0.1) is 0 Å². The Morgan fingerprint density at radius 2 is 1.95 bits per heavy atom. The largest absolute Gasteiger partial charge is 0.302 e. The number of anilines is 1. The van der Waals surface area contributed by atoms with Crippen molar-refractivity contribution in [1.82, 2.24) is 15.5 Å². The van der Waals surface area contributed by atoms with E-state index in [1.54, 1.807) is 0 Å². The van der Waals surface area contributed by atoms with Crippen molar-refractivity contribution in [2.45, 2.75) is 63.3 Å². The molecule has 0 saturated heterocycles. The molecule has 1 saturated carbocycles. The highest BCUT2D eigenvalue weighted by Crippen LogP contribution is 2.34. The maximum absolute atomic E-state index is 12.4. The fourth-order valence-corrected chi connectivity index (χ4v) is 4.69. The topological polar surface area (TPSA) is 86.9 Å². The van der Waals surface area contributed by atoms with E-state index >= 15 is 0 Å². The summed E-state index contributed by atoms with van der Waals surface area (Å²) in [5, 5.41) is 10.2. The minimum Gasteiger partial charge on any atom is -0.302 e. The number of hydrogen-bond donors (Lipinski definition) is 3. The molecule has 0 atom stereocenters. The standard InChI is InChI=1S/C13H22N4O2S/c1-13(2)11-10(8-14-13)12(16-15-11)17-20(18,19)9-6-4-3-5-7-9/h9,14H,3-8H2,1-2H3,(H2,15,16,17). The molecule has 2 aliphatic rings. The second-order valence-electron chi connectivity index (χ2n) is 6.31. The van der Waals surface area contributed by atoms with Crippen molar-refractivity contribution >= 4 is 15.8 Å². The Morgan fingerprint density at radius 3 is 2.65 bits per heavy atom. The Balaban J connectivity index is 1.82. The van der Waals surface area contributed by atoms with Gasteiger partial charge in [0.1, 0.15) is 0 Å². The first-order chi connectivity index (χ1) is 9.40. The first kappa shape index (κ1) is 13.9. The molecule has 1 aromatic rings. The van der Waals surface area contributed by atoms with Crippen molar-refractivity contribution in [1.29, 1.82) is 0 Å². The third-order valence-corrected chi connectivity index (χ3v) is 6.26. The molecule has 2 heterocycles. The van der Waals surface area contributed by atoms with Gasteiger partial charge in [0.25, 0.3) is 0 Å². The summed E-state index contributed by atoms with van der Waals surface area (Å²) in [7, 11) is -3.33. The second kappa shape index (κ2) is 4.73. The van der Waals surface area contributed by atoms with Crippen LogP contribution in [0.15, 0.2) is 0 Å². The van der Waals surface area contributed by atoms with E-state index in [1.807, 2.05) is 0 Å². The Kier molecular flexibility index (Phi) is 3.29. The van der Waals surface area contributed by atoms with Gasteiger partial charge in [0.15, 0.2) is 5.82 Å². The molecule has 3 rings (SSSR count). The van der Waals surface area contributed by atoms with E-state index in [1.165, 1.54) is 0 Å². The molecule has 0 unspecified atom stereocenters. The summed E-state index contributed by atoms with van der Waals surface area (Å²) in [4.78, 5) is 0. The van der Waals surface area contributed by atoms with Crippen molar-refractivity contribution in [2.75, 3.05) is 4.72 Å². The highest BCUT2D eigenvalue weighted by Gasteiger charge is 2.35. The summed E-state index contributed by atoms with van der Waals surface area (Å²) in [6.07, 6.45) is 4.65. The van der Waals surface area contributed by atoms with Crippen LogP contribution in [0.4, 0.5) is 5.82 Å². The molecule has 0 aromatic carbocycles. The van der Waals surface area contributed by atoms with Crippen molar-refractivity contribution in [3.05, 3.63) is 11.3 Å². The van der Waals surface area contributed by atoms with E-state index in [4.69, 9.17) is 0 Å². The van der Waals surface area contributed by atoms with Gasteiger partial charge in [-0.3, -0.25) is 9.82 Å². The second-order valence-corrected chi connectivity index (χ2v) is 8.27. The Bertz CT molecular complexity index is 600. The zero-order chi connectivity index (χ0) is 14.4. The molecular weight excluding hydrogens is 276 g/mol. The van der Waals surface area contributed by atoms with Gasteiger partial charge < -0.3 is 5.32 Å². The number of fused-ring (bicyclic) bond motifs is 1. The van der Waals surface area contributed by atoms with Crippen molar-refractivity contribution in [3.8, 4) is 0 Å². The van der Waals surface area contributed by atoms with Gasteiger partial charge in [0, 0.05) is 12.1 Å². The molecular formula is C13H22N4O2S. The normalized spacial score (nSPS) is 22.7. The van der Waals surface area contributed by atoms with E-state index in [-0.39, 0.29) is 10.8 Å². The molecule has 112 valence electrons. The minimum atomic E-state index is -3.33. The monoisotopic (exact) mass is 298 g/mol. The van der Waals surface area contributed by atoms with E-state index in [9.17, 15) is 8.42 Å². The van der Waals surface area contributed by atoms with Gasteiger partial charge in [0.2, 0.25) is 10.0 Å². The van der Waals surface area contributed by atoms with Crippen LogP contribution >= 0.6 is 0 Å². The summed E-state index contributed by atoms with van der Waals surface area (Å²) in [6, 6.07) is 0. The molecule has 1 aromatic heterocycles. The lowest BCUT2D eigenvalue weighted by Gasteiger charge is -2.21. The van der Waals surface area contributed by atoms with Gasteiger partial charge in [-0.1, -0.05) is 19.3 Å². The fraction of sp³-hybridized carbons (Fsp3) is 0.769. The van der Waals surface area contributed by atoms with Crippen LogP contribution in [0.5, 0.6) is 0 Å². The summed E-state index contributed by atoms with van der Waals surface area (Å²) < 4.78 is 27.6. The van der Waals surface area contributed by atoms with Gasteiger partial charge in [-0.05, 0) is 26.7 Å². The molecule has 0 bridgehead atoms. The molecule has 7 heteroatoms. The SMILES string of the molecule is CC1(C)NCc2c(NS(=O)(=O)C3CCCCC3)n[nH]c21. The molecule has 0 amide bonds. The highest BCUT2D eigenvalue weighted by molar-refractivity contribution is 7.93. The molecule has 0 radical (unpaired) electrons. The fourth-order valence-electron chi connectivity index (χ4n) is 3.13. The lowest BCUT2D eigenvalue weighted by Crippen LogP contribution is -2.30. The number of hydrogen-bond acceptors (Lipinski definition) is 4. The molecule has 1 aliphatic carbocycles. The summed E-state index contributed by atoms with van der Waals surface area (Å²) >= 11 is 0. The Hall–Kier alpha value is -1.08. The summed E-state index contributed by atoms with van der Waals surface area (Å²) in [6.45, 7) is 4.74. The number of H-pyrrole nitrogens is 1. The van der Waals surface area contributed by atoms with Gasteiger partial charge in [-0.25, -0.2) is 8.42 Å². The maximum Gasteiger partial charge on any atom is 0.236 e. The number of nitrogens with zero attached hydrogens (tertiary/aromatic N) is 1. The van der Waals surface area contributed by atoms with Crippen LogP contribution in [0, 0.1) is 0 Å². The molecule has 6 nitrogen and oxygen atoms in total. The van der Waals surface area contributed by atoms with Crippen molar-refractivity contribution in [2.24, 2.45) is 0 Å². The van der Waals surface area contributed by atoms with Gasteiger partial charge in [-0.2, -0.15) is 5.10 Å². The van der Waals surface area contributed by atoms with Crippen LogP contribution in [0.3, 0.4) is 0 Å².